The molecule has 0 atom stereocenters. The van der Waals surface area contributed by atoms with E-state index in [9.17, 15) is 13.6 Å². The molecule has 2 aromatic carbocycles. The molecule has 0 bridgehead atoms. The van der Waals surface area contributed by atoms with Crippen LogP contribution in [0, 0.1) is 11.6 Å². The average molecular weight is 364 g/mol. The molecule has 7 heteroatoms. The van der Waals surface area contributed by atoms with Crippen molar-refractivity contribution in [3.05, 3.63) is 89.6 Å². The Morgan fingerprint density at radius 1 is 0.926 bits per heavy atom. The van der Waals surface area contributed by atoms with Gasteiger partial charge in [-0.3, -0.25) is 9.20 Å². The molecule has 27 heavy (non-hydrogen) atoms. The maximum atomic E-state index is 13.1. The second kappa shape index (κ2) is 6.95. The van der Waals surface area contributed by atoms with Gasteiger partial charge in [-0.2, -0.15) is 0 Å². The van der Waals surface area contributed by atoms with Gasteiger partial charge in [0.25, 0.3) is 5.91 Å². The standard InChI is InChI=1S/C20H14F2N4O/c21-16-5-1-13(2-6-16)12-23-20(27)15-9-10-26-18(11-15)24-25-19(26)14-3-7-17(22)8-4-14/h1-11H,12H2,(H,23,27). The van der Waals surface area contributed by atoms with Crippen LogP contribution in [0.25, 0.3) is 17.0 Å². The van der Waals surface area contributed by atoms with Crippen LogP contribution in [-0.4, -0.2) is 20.5 Å². The third-order valence-corrected chi connectivity index (χ3v) is 4.14. The summed E-state index contributed by atoms with van der Waals surface area (Å²) in [6, 6.07) is 15.2. The van der Waals surface area contributed by atoms with Crippen molar-refractivity contribution >= 4 is 11.6 Å². The summed E-state index contributed by atoms with van der Waals surface area (Å²) in [6.45, 7) is 0.289. The fourth-order valence-corrected chi connectivity index (χ4v) is 2.71. The number of amides is 1. The van der Waals surface area contributed by atoms with E-state index in [2.05, 4.69) is 15.5 Å². The number of fused-ring (bicyclic) bond motifs is 1. The van der Waals surface area contributed by atoms with E-state index in [1.54, 1.807) is 47.0 Å². The Bertz CT molecular complexity index is 1110. The van der Waals surface area contributed by atoms with E-state index in [-0.39, 0.29) is 24.1 Å². The summed E-state index contributed by atoms with van der Waals surface area (Å²) in [5.41, 5.74) is 2.45. The van der Waals surface area contributed by atoms with Crippen LogP contribution in [0.4, 0.5) is 8.78 Å². The molecule has 4 rings (SSSR count). The van der Waals surface area contributed by atoms with E-state index in [0.717, 1.165) is 11.1 Å². The molecule has 0 saturated carbocycles. The Labute approximate surface area is 153 Å². The summed E-state index contributed by atoms with van der Waals surface area (Å²) < 4.78 is 27.7. The van der Waals surface area contributed by atoms with Crippen molar-refractivity contribution < 1.29 is 13.6 Å². The number of carbonyl (C=O) groups is 1. The number of pyridine rings is 1. The van der Waals surface area contributed by atoms with E-state index in [0.29, 0.717) is 17.0 Å². The van der Waals surface area contributed by atoms with Gasteiger partial charge in [-0.1, -0.05) is 12.1 Å². The highest BCUT2D eigenvalue weighted by Crippen LogP contribution is 2.19. The zero-order valence-electron chi connectivity index (χ0n) is 14.1. The number of aromatic nitrogens is 3. The first-order valence-corrected chi connectivity index (χ1v) is 8.23. The Kier molecular flexibility index (Phi) is 4.33. The summed E-state index contributed by atoms with van der Waals surface area (Å²) in [5, 5.41) is 11.0. The molecule has 1 amide bonds. The zero-order chi connectivity index (χ0) is 18.8. The van der Waals surface area contributed by atoms with Gasteiger partial charge in [-0.15, -0.1) is 10.2 Å². The lowest BCUT2D eigenvalue weighted by Gasteiger charge is -2.06. The molecule has 2 heterocycles. The minimum atomic E-state index is -0.326. The number of halogens is 2. The van der Waals surface area contributed by atoms with E-state index in [1.807, 2.05) is 0 Å². The molecule has 0 unspecified atom stereocenters. The molecule has 134 valence electrons. The Balaban J connectivity index is 1.54. The summed E-state index contributed by atoms with van der Waals surface area (Å²) >= 11 is 0. The fraction of sp³-hybridized carbons (Fsp3) is 0.0500. The molecule has 0 spiro atoms. The normalized spacial score (nSPS) is 10.9. The number of hydrogen-bond donors (Lipinski definition) is 1. The highest BCUT2D eigenvalue weighted by molar-refractivity contribution is 5.95. The monoisotopic (exact) mass is 364 g/mol. The fourth-order valence-electron chi connectivity index (χ4n) is 2.71. The van der Waals surface area contributed by atoms with Crippen LogP contribution in [0.5, 0.6) is 0 Å². The largest absolute Gasteiger partial charge is 0.348 e. The van der Waals surface area contributed by atoms with Crippen LogP contribution >= 0.6 is 0 Å². The molecule has 1 N–H and O–H groups in total. The maximum absolute atomic E-state index is 13.1. The first-order chi connectivity index (χ1) is 13.1. The maximum Gasteiger partial charge on any atom is 0.251 e. The molecule has 0 radical (unpaired) electrons. The molecular weight excluding hydrogens is 350 g/mol. The Hall–Kier alpha value is -3.61. The smallest absolute Gasteiger partial charge is 0.251 e. The van der Waals surface area contributed by atoms with Crippen molar-refractivity contribution in [3.63, 3.8) is 0 Å². The van der Waals surface area contributed by atoms with E-state index < -0.39 is 0 Å². The second-order valence-corrected chi connectivity index (χ2v) is 5.98. The lowest BCUT2D eigenvalue weighted by atomic mass is 10.2. The van der Waals surface area contributed by atoms with Gasteiger partial charge in [0, 0.05) is 23.9 Å². The Morgan fingerprint density at radius 2 is 1.59 bits per heavy atom. The van der Waals surface area contributed by atoms with Crippen LogP contribution in [0.15, 0.2) is 66.9 Å². The van der Waals surface area contributed by atoms with Gasteiger partial charge in [0.1, 0.15) is 11.6 Å². The third-order valence-electron chi connectivity index (χ3n) is 4.14. The molecule has 0 aliphatic heterocycles. The van der Waals surface area contributed by atoms with Gasteiger partial charge >= 0.3 is 0 Å². The first kappa shape index (κ1) is 16.8. The van der Waals surface area contributed by atoms with E-state index in [1.165, 1.54) is 24.3 Å². The first-order valence-electron chi connectivity index (χ1n) is 8.23. The van der Waals surface area contributed by atoms with Crippen LogP contribution in [0.1, 0.15) is 15.9 Å². The molecule has 4 aromatic rings. The Morgan fingerprint density at radius 3 is 2.30 bits per heavy atom. The topological polar surface area (TPSA) is 59.3 Å². The van der Waals surface area contributed by atoms with Crippen molar-refractivity contribution in [3.8, 4) is 11.4 Å². The van der Waals surface area contributed by atoms with Gasteiger partial charge in [-0.25, -0.2) is 8.78 Å². The van der Waals surface area contributed by atoms with Crippen molar-refractivity contribution in [2.45, 2.75) is 6.54 Å². The van der Waals surface area contributed by atoms with Crippen LogP contribution < -0.4 is 5.32 Å². The molecule has 5 nitrogen and oxygen atoms in total. The quantitative estimate of drug-likeness (QED) is 0.602. The van der Waals surface area contributed by atoms with Gasteiger partial charge in [0.2, 0.25) is 0 Å². The summed E-state index contributed by atoms with van der Waals surface area (Å²) in [6.07, 6.45) is 1.70. The highest BCUT2D eigenvalue weighted by atomic mass is 19.1. The number of nitrogens with one attached hydrogen (secondary N) is 1. The predicted molar refractivity (Wildman–Crippen MR) is 96.0 cm³/mol. The lowest BCUT2D eigenvalue weighted by molar-refractivity contribution is 0.0951. The van der Waals surface area contributed by atoms with Crippen LogP contribution in [-0.2, 0) is 6.54 Å². The number of rotatable bonds is 4. The number of nitrogens with zero attached hydrogens (tertiary/aromatic N) is 3. The molecule has 0 aliphatic rings. The van der Waals surface area contributed by atoms with Crippen molar-refractivity contribution in [2.75, 3.05) is 0 Å². The van der Waals surface area contributed by atoms with Gasteiger partial charge in [0.05, 0.1) is 0 Å². The van der Waals surface area contributed by atoms with Crippen molar-refractivity contribution in [1.82, 2.24) is 19.9 Å². The van der Waals surface area contributed by atoms with Crippen molar-refractivity contribution in [2.24, 2.45) is 0 Å². The number of benzene rings is 2. The number of hydrogen-bond acceptors (Lipinski definition) is 3. The van der Waals surface area contributed by atoms with Crippen LogP contribution in [0.3, 0.4) is 0 Å². The lowest BCUT2D eigenvalue weighted by Crippen LogP contribution is -2.22. The third kappa shape index (κ3) is 3.52. The predicted octanol–water partition coefficient (Wildman–Crippen LogP) is 3.60. The van der Waals surface area contributed by atoms with Crippen molar-refractivity contribution in [1.29, 1.82) is 0 Å². The number of carbonyl (C=O) groups excluding carboxylic acids is 1. The van der Waals surface area contributed by atoms with Crippen LogP contribution in [0.2, 0.25) is 0 Å². The van der Waals surface area contributed by atoms with E-state index >= 15 is 0 Å². The minimum Gasteiger partial charge on any atom is -0.348 e. The molecule has 0 fully saturated rings. The SMILES string of the molecule is O=C(NCc1ccc(F)cc1)c1ccn2c(-c3ccc(F)cc3)nnc2c1. The summed E-state index contributed by atoms with van der Waals surface area (Å²) in [7, 11) is 0. The summed E-state index contributed by atoms with van der Waals surface area (Å²) in [4.78, 5) is 12.4. The minimum absolute atomic E-state index is 0.270. The molecule has 0 saturated heterocycles. The zero-order valence-corrected chi connectivity index (χ0v) is 14.1. The highest BCUT2D eigenvalue weighted by Gasteiger charge is 2.12. The molecular formula is C20H14F2N4O. The molecule has 2 aromatic heterocycles. The second-order valence-electron chi connectivity index (χ2n) is 5.98. The molecule has 0 aliphatic carbocycles. The summed E-state index contributed by atoms with van der Waals surface area (Å²) in [5.74, 6) is -0.358. The average Bonchev–Trinajstić information content (AvgIpc) is 3.11. The van der Waals surface area contributed by atoms with Gasteiger partial charge < -0.3 is 5.32 Å². The van der Waals surface area contributed by atoms with E-state index in [4.69, 9.17) is 0 Å². The van der Waals surface area contributed by atoms with Gasteiger partial charge in [-0.05, 0) is 54.1 Å². The van der Waals surface area contributed by atoms with Gasteiger partial charge in [0.15, 0.2) is 11.5 Å².